The maximum Gasteiger partial charge on any atom is 0.341 e. The number of nitrogens with zero attached hydrogens (tertiary/aromatic N) is 2. The van der Waals surface area contributed by atoms with E-state index in [1.165, 1.54) is 0 Å². The van der Waals surface area contributed by atoms with Crippen LogP contribution in [0.15, 0.2) is 42.6 Å². The Hall–Kier alpha value is -3.44. The molecular formula is C20H16N2O3. The van der Waals surface area contributed by atoms with E-state index >= 15 is 0 Å². The highest BCUT2D eigenvalue weighted by Crippen LogP contribution is 2.29. The van der Waals surface area contributed by atoms with E-state index in [0.29, 0.717) is 11.3 Å². The quantitative estimate of drug-likeness (QED) is 0.541. The zero-order valence-electron chi connectivity index (χ0n) is 13.8. The molecule has 0 unspecified atom stereocenters. The van der Waals surface area contributed by atoms with E-state index in [-0.39, 0.29) is 13.2 Å². The molecule has 25 heavy (non-hydrogen) atoms. The number of carbonyl (C=O) groups excluding carboxylic acids is 1. The molecular weight excluding hydrogens is 316 g/mol. The standard InChI is InChI=1S/C20H16N2O3/c1-2-3-6-12-25-20(23)19-16-7-4-5-8-17(16)22-14-15(24-13-11-21)9-10-18(19)22/h4-5,7-10,14H,2,12-13H2,1H3. The zero-order valence-corrected chi connectivity index (χ0v) is 13.8. The van der Waals surface area contributed by atoms with Gasteiger partial charge in [-0.1, -0.05) is 31.0 Å². The summed E-state index contributed by atoms with van der Waals surface area (Å²) in [5.41, 5.74) is 2.09. The summed E-state index contributed by atoms with van der Waals surface area (Å²) in [7, 11) is 0. The fraction of sp³-hybridized carbons (Fsp3) is 0.200. The van der Waals surface area contributed by atoms with Crippen LogP contribution in [-0.2, 0) is 4.74 Å². The van der Waals surface area contributed by atoms with Gasteiger partial charge in [-0.05, 0) is 18.2 Å². The SMILES string of the molecule is CCC#CCOC(=O)c1c2ccccc2n2cc(OCC#N)ccc12. The Labute approximate surface area is 145 Å². The molecule has 0 N–H and O–H groups in total. The summed E-state index contributed by atoms with van der Waals surface area (Å²) < 4.78 is 12.5. The van der Waals surface area contributed by atoms with Crippen molar-refractivity contribution in [2.45, 2.75) is 13.3 Å². The van der Waals surface area contributed by atoms with E-state index in [1.54, 1.807) is 18.3 Å². The van der Waals surface area contributed by atoms with Gasteiger partial charge in [-0.25, -0.2) is 4.79 Å². The largest absolute Gasteiger partial charge is 0.477 e. The van der Waals surface area contributed by atoms with Crippen molar-refractivity contribution in [2.24, 2.45) is 0 Å². The first-order valence-corrected chi connectivity index (χ1v) is 7.91. The molecule has 0 saturated heterocycles. The number of nitriles is 1. The van der Waals surface area contributed by atoms with Crippen LogP contribution in [0.25, 0.3) is 16.4 Å². The van der Waals surface area contributed by atoms with Crippen LogP contribution >= 0.6 is 0 Å². The Morgan fingerprint density at radius 2 is 1.96 bits per heavy atom. The summed E-state index contributed by atoms with van der Waals surface area (Å²) in [6.07, 6.45) is 2.49. The van der Waals surface area contributed by atoms with Gasteiger partial charge in [-0.15, -0.1) is 5.92 Å². The lowest BCUT2D eigenvalue weighted by atomic mass is 10.1. The van der Waals surface area contributed by atoms with Crippen molar-refractivity contribution in [3.8, 4) is 23.7 Å². The average Bonchev–Trinajstić information content (AvgIpc) is 2.97. The second-order valence-corrected chi connectivity index (χ2v) is 5.24. The molecule has 0 saturated carbocycles. The highest BCUT2D eigenvalue weighted by Gasteiger charge is 2.19. The molecule has 5 nitrogen and oxygen atoms in total. The molecule has 0 aliphatic carbocycles. The van der Waals surface area contributed by atoms with Crippen LogP contribution in [0.5, 0.6) is 5.75 Å². The second kappa shape index (κ2) is 7.42. The van der Waals surface area contributed by atoms with E-state index in [4.69, 9.17) is 14.7 Å². The van der Waals surface area contributed by atoms with Gasteiger partial charge in [-0.3, -0.25) is 0 Å². The maximum atomic E-state index is 12.6. The predicted octanol–water partition coefficient (Wildman–Crippen LogP) is 3.57. The lowest BCUT2D eigenvalue weighted by Gasteiger charge is -2.04. The lowest BCUT2D eigenvalue weighted by molar-refractivity contribution is 0.0561. The Morgan fingerprint density at radius 1 is 1.12 bits per heavy atom. The smallest absolute Gasteiger partial charge is 0.341 e. The lowest BCUT2D eigenvalue weighted by Crippen LogP contribution is -2.05. The van der Waals surface area contributed by atoms with E-state index in [1.807, 2.05) is 41.7 Å². The molecule has 2 heterocycles. The maximum absolute atomic E-state index is 12.6. The molecule has 5 heteroatoms. The number of ether oxygens (including phenoxy) is 2. The van der Waals surface area contributed by atoms with Gasteiger partial charge < -0.3 is 13.9 Å². The Kier molecular flexibility index (Phi) is 4.87. The van der Waals surface area contributed by atoms with Crippen LogP contribution in [0.2, 0.25) is 0 Å². The van der Waals surface area contributed by atoms with Gasteiger partial charge in [0, 0.05) is 11.8 Å². The molecule has 0 fully saturated rings. The number of para-hydroxylation sites is 1. The predicted molar refractivity (Wildman–Crippen MR) is 94.4 cm³/mol. The molecule has 0 amide bonds. The molecule has 0 aliphatic heterocycles. The third-order valence-electron chi connectivity index (χ3n) is 3.70. The summed E-state index contributed by atoms with van der Waals surface area (Å²) >= 11 is 0. The summed E-state index contributed by atoms with van der Waals surface area (Å²) in [6.45, 7) is 1.98. The normalized spacial score (nSPS) is 10.1. The second-order valence-electron chi connectivity index (χ2n) is 5.24. The number of fused-ring (bicyclic) bond motifs is 3. The summed E-state index contributed by atoms with van der Waals surface area (Å²) in [5, 5.41) is 9.46. The molecule has 0 aliphatic rings. The molecule has 3 rings (SSSR count). The average molecular weight is 332 g/mol. The Balaban J connectivity index is 2.07. The Morgan fingerprint density at radius 3 is 2.76 bits per heavy atom. The summed E-state index contributed by atoms with van der Waals surface area (Å²) in [5.74, 6) is 5.83. The van der Waals surface area contributed by atoms with Gasteiger partial charge in [0.1, 0.15) is 11.8 Å². The minimum atomic E-state index is -0.408. The van der Waals surface area contributed by atoms with Crippen LogP contribution in [0.4, 0.5) is 0 Å². The first-order chi connectivity index (χ1) is 12.3. The number of benzene rings is 1. The zero-order chi connectivity index (χ0) is 17.6. The molecule has 2 aromatic heterocycles. The highest BCUT2D eigenvalue weighted by molar-refractivity contribution is 6.11. The minimum Gasteiger partial charge on any atom is -0.477 e. The van der Waals surface area contributed by atoms with Crippen LogP contribution in [-0.4, -0.2) is 23.6 Å². The number of hydrogen-bond donors (Lipinski definition) is 0. The molecule has 3 aromatic rings. The minimum absolute atomic E-state index is 0.0320. The van der Waals surface area contributed by atoms with Gasteiger partial charge in [-0.2, -0.15) is 5.26 Å². The molecule has 0 radical (unpaired) electrons. The van der Waals surface area contributed by atoms with Gasteiger partial charge in [0.15, 0.2) is 13.2 Å². The number of carbonyl (C=O) groups is 1. The third-order valence-corrected chi connectivity index (χ3v) is 3.70. The van der Waals surface area contributed by atoms with Crippen molar-refractivity contribution < 1.29 is 14.3 Å². The van der Waals surface area contributed by atoms with Crippen LogP contribution in [0.1, 0.15) is 23.7 Å². The van der Waals surface area contributed by atoms with Crippen LogP contribution in [0, 0.1) is 23.2 Å². The monoisotopic (exact) mass is 332 g/mol. The molecule has 0 bridgehead atoms. The van der Waals surface area contributed by atoms with E-state index in [0.717, 1.165) is 22.8 Å². The van der Waals surface area contributed by atoms with Crippen molar-refractivity contribution in [2.75, 3.05) is 13.2 Å². The van der Waals surface area contributed by atoms with E-state index < -0.39 is 5.97 Å². The fourth-order valence-electron chi connectivity index (χ4n) is 2.68. The van der Waals surface area contributed by atoms with E-state index in [2.05, 4.69) is 11.8 Å². The summed E-state index contributed by atoms with van der Waals surface area (Å²) in [6, 6.07) is 13.0. The van der Waals surface area contributed by atoms with Gasteiger partial charge >= 0.3 is 5.97 Å². The van der Waals surface area contributed by atoms with Crippen molar-refractivity contribution in [3.05, 3.63) is 48.2 Å². The van der Waals surface area contributed by atoms with Crippen LogP contribution in [0.3, 0.4) is 0 Å². The number of pyridine rings is 1. The van der Waals surface area contributed by atoms with E-state index in [9.17, 15) is 4.79 Å². The topological polar surface area (TPSA) is 63.7 Å². The van der Waals surface area contributed by atoms with Crippen molar-refractivity contribution in [1.82, 2.24) is 4.40 Å². The van der Waals surface area contributed by atoms with Gasteiger partial charge in [0.05, 0.1) is 22.8 Å². The molecule has 124 valence electrons. The number of rotatable bonds is 4. The first-order valence-electron chi connectivity index (χ1n) is 7.91. The fourth-order valence-corrected chi connectivity index (χ4v) is 2.68. The molecule has 0 atom stereocenters. The number of hydrogen-bond acceptors (Lipinski definition) is 4. The number of aromatic nitrogens is 1. The van der Waals surface area contributed by atoms with Crippen molar-refractivity contribution in [1.29, 1.82) is 5.26 Å². The van der Waals surface area contributed by atoms with Gasteiger partial charge in [0.2, 0.25) is 0 Å². The van der Waals surface area contributed by atoms with Crippen LogP contribution < -0.4 is 4.74 Å². The Bertz CT molecular complexity index is 1030. The third kappa shape index (κ3) is 3.27. The number of esters is 1. The summed E-state index contributed by atoms with van der Waals surface area (Å²) in [4.78, 5) is 12.6. The van der Waals surface area contributed by atoms with Gasteiger partial charge in [0.25, 0.3) is 0 Å². The molecule has 1 aromatic carbocycles. The van der Waals surface area contributed by atoms with Crippen molar-refractivity contribution >= 4 is 22.4 Å². The highest BCUT2D eigenvalue weighted by atomic mass is 16.5. The molecule has 0 spiro atoms. The first kappa shape index (κ1) is 16.4. The van der Waals surface area contributed by atoms with Crippen molar-refractivity contribution in [3.63, 3.8) is 0 Å².